The van der Waals surface area contributed by atoms with Crippen molar-refractivity contribution in [3.05, 3.63) is 66.2 Å². The Labute approximate surface area is 141 Å². The van der Waals surface area contributed by atoms with Crippen molar-refractivity contribution in [2.45, 2.75) is 13.0 Å². The molecule has 126 valence electrons. The predicted molar refractivity (Wildman–Crippen MR) is 93.7 cm³/mol. The van der Waals surface area contributed by atoms with Crippen molar-refractivity contribution in [1.29, 1.82) is 0 Å². The molecule has 0 saturated carbocycles. The number of carbonyl (C=O) groups is 2. The minimum Gasteiger partial charge on any atom is -0.481 e. The number of hydrogen-bond acceptors (Lipinski definition) is 3. The fraction of sp³-hybridized carbons (Fsp3) is 0.263. The number of carboxylic acid groups (broad SMARTS) is 1. The fourth-order valence-electron chi connectivity index (χ4n) is 2.59. The topological polar surface area (TPSA) is 69.6 Å². The van der Waals surface area contributed by atoms with Gasteiger partial charge >= 0.3 is 5.97 Å². The van der Waals surface area contributed by atoms with E-state index in [9.17, 15) is 9.59 Å². The molecule has 2 unspecified atom stereocenters. The minimum absolute atomic E-state index is 0.188. The number of anilines is 1. The monoisotopic (exact) mass is 326 g/mol. The van der Waals surface area contributed by atoms with E-state index in [2.05, 4.69) is 5.32 Å². The Morgan fingerprint density at radius 1 is 1.04 bits per heavy atom. The summed E-state index contributed by atoms with van der Waals surface area (Å²) in [5.74, 6) is -1.63. The van der Waals surface area contributed by atoms with Crippen molar-refractivity contribution in [3.63, 3.8) is 0 Å². The molecule has 0 aliphatic carbocycles. The quantitative estimate of drug-likeness (QED) is 0.820. The summed E-state index contributed by atoms with van der Waals surface area (Å²) in [4.78, 5) is 25.7. The first-order valence-electron chi connectivity index (χ1n) is 7.83. The Bertz CT molecular complexity index is 674. The zero-order valence-corrected chi connectivity index (χ0v) is 13.8. The van der Waals surface area contributed by atoms with Gasteiger partial charge in [0.15, 0.2) is 0 Å². The summed E-state index contributed by atoms with van der Waals surface area (Å²) in [5.41, 5.74) is 1.54. The van der Waals surface area contributed by atoms with Crippen molar-refractivity contribution in [2.75, 3.05) is 18.9 Å². The first-order chi connectivity index (χ1) is 11.5. The van der Waals surface area contributed by atoms with Crippen LogP contribution >= 0.6 is 0 Å². The van der Waals surface area contributed by atoms with Crippen LogP contribution in [0.4, 0.5) is 5.69 Å². The zero-order valence-electron chi connectivity index (χ0n) is 13.8. The molecular formula is C19H22N2O3. The Balaban J connectivity index is 2.22. The molecule has 0 saturated heterocycles. The molecule has 5 heteroatoms. The molecule has 2 N–H and O–H groups in total. The highest BCUT2D eigenvalue weighted by molar-refractivity contribution is 5.95. The van der Waals surface area contributed by atoms with E-state index in [1.807, 2.05) is 60.7 Å². The number of benzene rings is 2. The summed E-state index contributed by atoms with van der Waals surface area (Å²) < 4.78 is 0. The van der Waals surface area contributed by atoms with Crippen LogP contribution in [0.25, 0.3) is 0 Å². The van der Waals surface area contributed by atoms with Gasteiger partial charge in [-0.2, -0.15) is 0 Å². The number of amides is 1. The lowest BCUT2D eigenvalue weighted by Gasteiger charge is -2.28. The maximum atomic E-state index is 12.8. The van der Waals surface area contributed by atoms with Crippen molar-refractivity contribution in [2.24, 2.45) is 5.92 Å². The van der Waals surface area contributed by atoms with Gasteiger partial charge in [0, 0.05) is 12.2 Å². The van der Waals surface area contributed by atoms with Gasteiger partial charge in [-0.25, -0.2) is 0 Å². The van der Waals surface area contributed by atoms with Gasteiger partial charge in [-0.05, 0) is 24.7 Å². The fourth-order valence-corrected chi connectivity index (χ4v) is 2.59. The molecule has 0 aromatic heterocycles. The summed E-state index contributed by atoms with van der Waals surface area (Å²) in [6.45, 7) is 1.91. The van der Waals surface area contributed by atoms with Crippen LogP contribution in [0.1, 0.15) is 18.5 Å². The number of nitrogens with zero attached hydrogens (tertiary/aromatic N) is 1. The lowest BCUT2D eigenvalue weighted by molar-refractivity contribution is -0.142. The molecule has 1 amide bonds. The minimum atomic E-state index is -0.878. The Hall–Kier alpha value is -2.66. The second-order valence-corrected chi connectivity index (χ2v) is 5.85. The summed E-state index contributed by atoms with van der Waals surface area (Å²) in [7, 11) is 1.77. The van der Waals surface area contributed by atoms with E-state index >= 15 is 0 Å². The normalized spacial score (nSPS) is 13.3. The number of carboxylic acids is 1. The highest BCUT2D eigenvalue weighted by Crippen LogP contribution is 2.22. The van der Waals surface area contributed by atoms with E-state index in [0.717, 1.165) is 5.56 Å². The molecule has 2 rings (SSSR count). The van der Waals surface area contributed by atoms with Crippen LogP contribution in [0.2, 0.25) is 0 Å². The van der Waals surface area contributed by atoms with E-state index < -0.39 is 17.9 Å². The number of carbonyl (C=O) groups excluding carboxylic acids is 1. The summed E-state index contributed by atoms with van der Waals surface area (Å²) >= 11 is 0. The van der Waals surface area contributed by atoms with Gasteiger partial charge < -0.3 is 10.4 Å². The van der Waals surface area contributed by atoms with Crippen LogP contribution in [0, 0.1) is 5.92 Å². The van der Waals surface area contributed by atoms with E-state index in [1.54, 1.807) is 18.9 Å². The molecule has 2 aromatic carbocycles. The number of aliphatic carboxylic acids is 1. The third kappa shape index (κ3) is 4.67. The molecule has 0 heterocycles. The average molecular weight is 326 g/mol. The van der Waals surface area contributed by atoms with Gasteiger partial charge in [0.05, 0.1) is 5.92 Å². The molecule has 0 radical (unpaired) electrons. The van der Waals surface area contributed by atoms with Crippen LogP contribution < -0.4 is 5.32 Å². The molecule has 5 nitrogen and oxygen atoms in total. The summed E-state index contributed by atoms with van der Waals surface area (Å²) in [5, 5.41) is 12.0. The lowest BCUT2D eigenvalue weighted by Crippen LogP contribution is -2.38. The third-order valence-electron chi connectivity index (χ3n) is 3.83. The number of rotatable bonds is 7. The van der Waals surface area contributed by atoms with Crippen LogP contribution in [-0.4, -0.2) is 35.5 Å². The third-order valence-corrected chi connectivity index (χ3v) is 3.83. The van der Waals surface area contributed by atoms with Gasteiger partial charge in [0.2, 0.25) is 5.91 Å². The second-order valence-electron chi connectivity index (χ2n) is 5.85. The highest BCUT2D eigenvalue weighted by atomic mass is 16.4. The highest BCUT2D eigenvalue weighted by Gasteiger charge is 2.27. The number of likely N-dealkylation sites (N-methyl/N-ethyl adjacent to an activating group) is 1. The second kappa shape index (κ2) is 8.26. The van der Waals surface area contributed by atoms with Gasteiger partial charge in [0.1, 0.15) is 6.04 Å². The predicted octanol–water partition coefficient (Wildman–Crippen LogP) is 3.02. The van der Waals surface area contributed by atoms with Crippen molar-refractivity contribution in [1.82, 2.24) is 4.90 Å². The maximum absolute atomic E-state index is 12.8. The molecule has 0 fully saturated rings. The number of nitrogens with one attached hydrogen (secondary N) is 1. The first kappa shape index (κ1) is 17.7. The first-order valence-corrected chi connectivity index (χ1v) is 7.83. The van der Waals surface area contributed by atoms with Crippen molar-refractivity contribution >= 4 is 17.6 Å². The Morgan fingerprint density at radius 3 is 2.12 bits per heavy atom. The number of hydrogen-bond donors (Lipinski definition) is 2. The van der Waals surface area contributed by atoms with Crippen molar-refractivity contribution < 1.29 is 14.7 Å². The van der Waals surface area contributed by atoms with E-state index in [1.165, 1.54) is 0 Å². The number of para-hydroxylation sites is 1. The van der Waals surface area contributed by atoms with Crippen LogP contribution in [0.15, 0.2) is 60.7 Å². The zero-order chi connectivity index (χ0) is 17.5. The van der Waals surface area contributed by atoms with E-state index in [-0.39, 0.29) is 12.5 Å². The summed E-state index contributed by atoms with van der Waals surface area (Å²) in [6, 6.07) is 18.0. The lowest BCUT2D eigenvalue weighted by atomic mass is 10.0. The van der Waals surface area contributed by atoms with Gasteiger partial charge in [-0.3, -0.25) is 14.5 Å². The van der Waals surface area contributed by atoms with E-state index in [0.29, 0.717) is 5.69 Å². The van der Waals surface area contributed by atoms with Gasteiger partial charge in [0.25, 0.3) is 0 Å². The molecule has 0 aliphatic rings. The average Bonchev–Trinajstić information content (AvgIpc) is 2.56. The van der Waals surface area contributed by atoms with Crippen LogP contribution in [-0.2, 0) is 9.59 Å². The maximum Gasteiger partial charge on any atom is 0.307 e. The smallest absolute Gasteiger partial charge is 0.307 e. The van der Waals surface area contributed by atoms with Crippen molar-refractivity contribution in [3.8, 4) is 0 Å². The van der Waals surface area contributed by atoms with Crippen LogP contribution in [0.3, 0.4) is 0 Å². The van der Waals surface area contributed by atoms with Gasteiger partial charge in [-0.15, -0.1) is 0 Å². The van der Waals surface area contributed by atoms with E-state index in [4.69, 9.17) is 5.11 Å². The summed E-state index contributed by atoms with van der Waals surface area (Å²) in [6.07, 6.45) is 0. The molecule has 2 aromatic rings. The molecular weight excluding hydrogens is 304 g/mol. The van der Waals surface area contributed by atoms with Gasteiger partial charge in [-0.1, -0.05) is 55.5 Å². The Kier molecular flexibility index (Phi) is 6.09. The molecule has 24 heavy (non-hydrogen) atoms. The molecule has 0 bridgehead atoms. The molecule has 0 aliphatic heterocycles. The largest absolute Gasteiger partial charge is 0.481 e. The SMILES string of the molecule is CC(CN(C)C(C(=O)Nc1ccccc1)c1ccccc1)C(=O)O. The standard InChI is InChI=1S/C19H22N2O3/c1-14(19(23)24)13-21(2)17(15-9-5-3-6-10-15)18(22)20-16-11-7-4-8-12-16/h3-12,14,17H,13H2,1-2H3,(H,20,22)(H,23,24). The Morgan fingerprint density at radius 2 is 1.58 bits per heavy atom. The van der Waals surface area contributed by atoms with Crippen LogP contribution in [0.5, 0.6) is 0 Å². The molecule has 0 spiro atoms. The molecule has 2 atom stereocenters.